The summed E-state index contributed by atoms with van der Waals surface area (Å²) in [4.78, 5) is 16.5. The van der Waals surface area contributed by atoms with Crippen molar-refractivity contribution in [1.29, 1.82) is 0 Å². The fourth-order valence-corrected chi connectivity index (χ4v) is 3.61. The number of fused-ring (bicyclic) bond motifs is 1. The summed E-state index contributed by atoms with van der Waals surface area (Å²) in [6.07, 6.45) is 0.483. The van der Waals surface area contributed by atoms with Gasteiger partial charge in [-0.3, -0.25) is 4.79 Å². The van der Waals surface area contributed by atoms with Crippen LogP contribution in [0, 0.1) is 12.3 Å². The third kappa shape index (κ3) is 2.12. The van der Waals surface area contributed by atoms with Crippen LogP contribution in [0.2, 0.25) is 0 Å². The lowest BCUT2D eigenvalue weighted by Crippen LogP contribution is -2.25. The van der Waals surface area contributed by atoms with E-state index in [1.165, 1.54) is 0 Å². The van der Waals surface area contributed by atoms with Gasteiger partial charge in [0.15, 0.2) is 0 Å². The number of carbonyl (C=O) groups excluding carboxylic acids is 1. The molecule has 2 aromatic rings. The maximum Gasteiger partial charge on any atom is 0.233 e. The second kappa shape index (κ2) is 4.08. The van der Waals surface area contributed by atoms with Crippen molar-refractivity contribution >= 4 is 56.3 Å². The van der Waals surface area contributed by atoms with Crippen molar-refractivity contribution in [3.8, 4) is 0 Å². The molecule has 1 heterocycles. The molecule has 0 bridgehead atoms. The van der Waals surface area contributed by atoms with Gasteiger partial charge in [-0.15, -0.1) is 34.5 Å². The first-order valence-corrected chi connectivity index (χ1v) is 7.46. The summed E-state index contributed by atoms with van der Waals surface area (Å²) in [6, 6.07) is 5.67. The molecule has 0 spiro atoms. The normalized spacial score (nSPS) is 24.4. The maximum absolute atomic E-state index is 12.2. The largest absolute Gasteiger partial charge is 0.325 e. The Labute approximate surface area is 124 Å². The van der Waals surface area contributed by atoms with E-state index in [-0.39, 0.29) is 5.91 Å². The zero-order valence-corrected chi connectivity index (χ0v) is 12.8. The van der Waals surface area contributed by atoms with Crippen LogP contribution in [0.5, 0.6) is 0 Å². The number of nitrogens with one attached hydrogen (secondary N) is 1. The van der Waals surface area contributed by atoms with Crippen LogP contribution in [0.1, 0.15) is 18.4 Å². The molecule has 1 amide bonds. The quantitative estimate of drug-likeness (QED) is 0.847. The van der Waals surface area contributed by atoms with Gasteiger partial charge in [-0.05, 0) is 38.5 Å². The average molecular weight is 315 g/mol. The number of aryl methyl sites for hydroxylation is 1. The number of hydrogen-bond acceptors (Lipinski definition) is 3. The Bertz CT molecular complexity index is 682. The van der Waals surface area contributed by atoms with Gasteiger partial charge in [0, 0.05) is 5.69 Å². The van der Waals surface area contributed by atoms with Gasteiger partial charge in [-0.25, -0.2) is 4.98 Å². The van der Waals surface area contributed by atoms with Crippen molar-refractivity contribution in [2.24, 2.45) is 5.41 Å². The number of hydrogen-bond donors (Lipinski definition) is 1. The Balaban J connectivity index is 1.84. The SMILES string of the molecule is Cc1nc2ccc(NC(=O)[C@@]3(C)CC3(Cl)Cl)cc2s1. The zero-order valence-electron chi connectivity index (χ0n) is 10.5. The first kappa shape index (κ1) is 13.2. The monoisotopic (exact) mass is 314 g/mol. The number of aromatic nitrogens is 1. The number of halogens is 2. The molecule has 0 unspecified atom stereocenters. The molecule has 1 fully saturated rings. The fraction of sp³-hybridized carbons (Fsp3) is 0.385. The van der Waals surface area contributed by atoms with Crippen molar-refractivity contribution in [3.05, 3.63) is 23.2 Å². The number of thiazole rings is 1. The lowest BCUT2D eigenvalue weighted by atomic mass is 10.1. The zero-order chi connectivity index (χ0) is 13.8. The Hall–Kier alpha value is -0.840. The number of alkyl halides is 2. The number of anilines is 1. The van der Waals surface area contributed by atoms with Crippen molar-refractivity contribution in [2.45, 2.75) is 24.6 Å². The summed E-state index contributed by atoms with van der Waals surface area (Å²) in [5.41, 5.74) is 0.995. The van der Waals surface area contributed by atoms with E-state index in [4.69, 9.17) is 23.2 Å². The van der Waals surface area contributed by atoms with Crippen molar-refractivity contribution in [3.63, 3.8) is 0 Å². The third-order valence-corrected chi connectivity index (χ3v) is 5.55. The van der Waals surface area contributed by atoms with Crippen LogP contribution in [0.15, 0.2) is 18.2 Å². The van der Waals surface area contributed by atoms with Gasteiger partial charge in [-0.1, -0.05) is 0 Å². The molecule has 1 aromatic carbocycles. The predicted octanol–water partition coefficient (Wildman–Crippen LogP) is 4.13. The van der Waals surface area contributed by atoms with E-state index in [1.54, 1.807) is 18.3 Å². The van der Waals surface area contributed by atoms with Crippen molar-refractivity contribution in [2.75, 3.05) is 5.32 Å². The minimum Gasteiger partial charge on any atom is -0.325 e. The fourth-order valence-electron chi connectivity index (χ4n) is 2.03. The molecule has 19 heavy (non-hydrogen) atoms. The summed E-state index contributed by atoms with van der Waals surface area (Å²) in [5.74, 6) is -0.141. The van der Waals surface area contributed by atoms with Gasteiger partial charge in [0.1, 0.15) is 4.33 Å². The number of benzene rings is 1. The van der Waals surface area contributed by atoms with Crippen LogP contribution in [0.3, 0.4) is 0 Å². The van der Waals surface area contributed by atoms with Gasteiger partial charge in [0.25, 0.3) is 0 Å². The molecule has 1 aromatic heterocycles. The lowest BCUT2D eigenvalue weighted by molar-refractivity contribution is -0.120. The van der Waals surface area contributed by atoms with E-state index < -0.39 is 9.75 Å². The van der Waals surface area contributed by atoms with E-state index in [2.05, 4.69) is 10.3 Å². The van der Waals surface area contributed by atoms with Gasteiger partial charge in [0.2, 0.25) is 5.91 Å². The van der Waals surface area contributed by atoms with E-state index in [0.29, 0.717) is 6.42 Å². The average Bonchev–Trinajstić information content (AvgIpc) is 2.66. The van der Waals surface area contributed by atoms with Crippen LogP contribution in [0.25, 0.3) is 10.2 Å². The highest BCUT2D eigenvalue weighted by molar-refractivity contribution is 7.18. The third-order valence-electron chi connectivity index (χ3n) is 3.51. The standard InChI is InChI=1S/C13H12Cl2N2OS/c1-7-16-9-4-3-8(5-10(9)19-7)17-11(18)12(2)6-13(12,14)15/h3-5H,6H2,1-2H3,(H,17,18)/t12-/m1/s1. The first-order chi connectivity index (χ1) is 8.82. The Morgan fingerprint density at radius 1 is 1.47 bits per heavy atom. The Morgan fingerprint density at radius 3 is 2.79 bits per heavy atom. The molecule has 0 aliphatic heterocycles. The topological polar surface area (TPSA) is 42.0 Å². The van der Waals surface area contributed by atoms with E-state index >= 15 is 0 Å². The van der Waals surface area contributed by atoms with Crippen LogP contribution in [-0.4, -0.2) is 15.2 Å². The number of amides is 1. The van der Waals surface area contributed by atoms with Gasteiger partial charge in [-0.2, -0.15) is 0 Å². The van der Waals surface area contributed by atoms with Crippen LogP contribution >= 0.6 is 34.5 Å². The molecule has 0 radical (unpaired) electrons. The summed E-state index contributed by atoms with van der Waals surface area (Å²) >= 11 is 13.6. The summed E-state index contributed by atoms with van der Waals surface area (Å²) < 4.78 is 0.113. The predicted molar refractivity (Wildman–Crippen MR) is 80.1 cm³/mol. The molecule has 3 rings (SSSR count). The molecular formula is C13H12Cl2N2OS. The molecule has 1 aliphatic carbocycles. The van der Waals surface area contributed by atoms with Crippen LogP contribution in [-0.2, 0) is 4.79 Å². The van der Waals surface area contributed by atoms with E-state index in [1.807, 2.05) is 25.1 Å². The smallest absolute Gasteiger partial charge is 0.233 e. The van der Waals surface area contributed by atoms with E-state index in [0.717, 1.165) is 20.9 Å². The summed E-state index contributed by atoms with van der Waals surface area (Å²) in [6.45, 7) is 3.74. The minimum absolute atomic E-state index is 0.141. The molecule has 1 atom stereocenters. The molecule has 6 heteroatoms. The first-order valence-electron chi connectivity index (χ1n) is 5.88. The van der Waals surface area contributed by atoms with Gasteiger partial charge >= 0.3 is 0 Å². The van der Waals surface area contributed by atoms with Crippen LogP contribution in [0.4, 0.5) is 5.69 Å². The number of rotatable bonds is 2. The molecule has 0 saturated heterocycles. The minimum atomic E-state index is -0.942. The second-order valence-corrected chi connectivity index (χ2v) is 7.80. The molecule has 100 valence electrons. The van der Waals surface area contributed by atoms with Gasteiger partial charge < -0.3 is 5.32 Å². The van der Waals surface area contributed by atoms with Crippen LogP contribution < -0.4 is 5.32 Å². The highest BCUT2D eigenvalue weighted by Crippen LogP contribution is 2.64. The highest BCUT2D eigenvalue weighted by atomic mass is 35.5. The summed E-state index contributed by atoms with van der Waals surface area (Å²) in [5, 5.41) is 3.88. The van der Waals surface area contributed by atoms with Crippen molar-refractivity contribution < 1.29 is 4.79 Å². The molecular weight excluding hydrogens is 303 g/mol. The van der Waals surface area contributed by atoms with Gasteiger partial charge in [0.05, 0.1) is 20.6 Å². The molecule has 3 nitrogen and oxygen atoms in total. The van der Waals surface area contributed by atoms with Crippen molar-refractivity contribution in [1.82, 2.24) is 4.98 Å². The summed E-state index contributed by atoms with van der Waals surface area (Å²) in [7, 11) is 0. The Kier molecular flexibility index (Phi) is 2.82. The molecule has 1 saturated carbocycles. The van der Waals surface area contributed by atoms with E-state index in [9.17, 15) is 4.79 Å². The number of nitrogens with zero attached hydrogens (tertiary/aromatic N) is 1. The number of carbonyl (C=O) groups is 1. The lowest BCUT2D eigenvalue weighted by Gasteiger charge is -2.12. The Morgan fingerprint density at radius 2 is 2.16 bits per heavy atom. The maximum atomic E-state index is 12.2. The molecule has 1 aliphatic rings. The highest BCUT2D eigenvalue weighted by Gasteiger charge is 2.67. The second-order valence-electron chi connectivity index (χ2n) is 5.08. The molecule has 1 N–H and O–H groups in total.